The van der Waals surface area contributed by atoms with Crippen molar-refractivity contribution >= 4 is 30.5 Å². The first-order valence-corrected chi connectivity index (χ1v) is 8.63. The van der Waals surface area contributed by atoms with E-state index in [9.17, 15) is 4.79 Å². The molecule has 0 aliphatic rings. The molecule has 0 saturated heterocycles. The molecule has 5 nitrogen and oxygen atoms in total. The fourth-order valence-corrected chi connectivity index (χ4v) is 2.97. The third-order valence-electron chi connectivity index (χ3n) is 3.47. The highest BCUT2D eigenvalue weighted by Gasteiger charge is 2.04. The van der Waals surface area contributed by atoms with Crippen LogP contribution in [-0.2, 0) is 6.54 Å². The lowest BCUT2D eigenvalue weighted by Gasteiger charge is -2.13. The molecule has 0 aromatic heterocycles. The molecule has 0 spiro atoms. The van der Waals surface area contributed by atoms with Crippen LogP contribution in [0.4, 0.5) is 5.69 Å². The van der Waals surface area contributed by atoms with E-state index < -0.39 is 0 Å². The Labute approximate surface area is 152 Å². The van der Waals surface area contributed by atoms with Gasteiger partial charge in [0.25, 0.3) is 0 Å². The Bertz CT molecular complexity index is 745. The van der Waals surface area contributed by atoms with Crippen LogP contribution in [0.1, 0.15) is 15.9 Å². The molecule has 0 fully saturated rings. The van der Waals surface area contributed by atoms with Crippen LogP contribution < -0.4 is 15.4 Å². The Morgan fingerprint density at radius 1 is 1.24 bits per heavy atom. The summed E-state index contributed by atoms with van der Waals surface area (Å²) in [6.07, 6.45) is 0.819. The molecule has 0 aliphatic carbocycles. The minimum Gasteiger partial charge on any atom is -0.497 e. The lowest BCUT2D eigenvalue weighted by molar-refractivity contribution is 0.112. The number of benzene rings is 2. The minimum absolute atomic E-state index is 0.597. The highest BCUT2D eigenvalue weighted by molar-refractivity contribution is 7.99. The third kappa shape index (κ3) is 5.69. The number of thioether (sulfide) groups is 1. The standard InChI is InChI=1S/C19H21N3O2S/c1-14(21-11-15-4-7-17(24-3)8-5-15)22-13-25-19-10-16(12-23)6-9-18(19)20-2/h4-10,12,21-22H,1-2,11,13H2,3H3. The number of nitrogens with one attached hydrogen (secondary N) is 2. The molecule has 0 atom stereocenters. The Morgan fingerprint density at radius 3 is 2.64 bits per heavy atom. The van der Waals surface area contributed by atoms with Crippen LogP contribution in [-0.4, -0.2) is 26.0 Å². The summed E-state index contributed by atoms with van der Waals surface area (Å²) in [6.45, 7) is 8.18. The van der Waals surface area contributed by atoms with Gasteiger partial charge in [-0.15, -0.1) is 11.8 Å². The molecule has 0 radical (unpaired) electrons. The number of ether oxygens (including phenoxy) is 1. The summed E-state index contributed by atoms with van der Waals surface area (Å²) in [5.74, 6) is 2.16. The predicted octanol–water partition coefficient (Wildman–Crippen LogP) is 3.74. The van der Waals surface area contributed by atoms with Gasteiger partial charge >= 0.3 is 0 Å². The van der Waals surface area contributed by atoms with Crippen LogP contribution in [0.3, 0.4) is 0 Å². The summed E-state index contributed by atoms with van der Waals surface area (Å²) in [4.78, 5) is 15.8. The lowest BCUT2D eigenvalue weighted by Crippen LogP contribution is -2.24. The smallest absolute Gasteiger partial charge is 0.150 e. The number of rotatable bonds is 10. The van der Waals surface area contributed by atoms with Gasteiger partial charge in [-0.1, -0.05) is 18.7 Å². The van der Waals surface area contributed by atoms with Gasteiger partial charge in [0, 0.05) is 17.0 Å². The highest BCUT2D eigenvalue weighted by Crippen LogP contribution is 2.29. The first-order chi connectivity index (χ1) is 12.2. The SMILES string of the molecule is C=Nc1ccc(C=O)cc1SCNC(=C)NCc1ccc(OC)cc1. The molecule has 2 aromatic carbocycles. The summed E-state index contributed by atoms with van der Waals surface area (Å²) in [6, 6.07) is 13.2. The fraction of sp³-hybridized carbons (Fsp3) is 0.158. The van der Waals surface area contributed by atoms with Gasteiger partial charge in [0.2, 0.25) is 0 Å². The maximum Gasteiger partial charge on any atom is 0.150 e. The first-order valence-electron chi connectivity index (χ1n) is 7.64. The van der Waals surface area contributed by atoms with Gasteiger partial charge < -0.3 is 15.4 Å². The Morgan fingerprint density at radius 2 is 2.00 bits per heavy atom. The molecule has 0 aliphatic heterocycles. The van der Waals surface area contributed by atoms with Gasteiger partial charge in [-0.3, -0.25) is 9.79 Å². The lowest BCUT2D eigenvalue weighted by atomic mass is 10.2. The average molecular weight is 355 g/mol. The van der Waals surface area contributed by atoms with Gasteiger partial charge in [-0.05, 0) is 42.6 Å². The zero-order chi connectivity index (χ0) is 18.1. The molecule has 6 heteroatoms. The van der Waals surface area contributed by atoms with E-state index in [1.807, 2.05) is 24.3 Å². The van der Waals surface area contributed by atoms with E-state index in [1.54, 1.807) is 25.3 Å². The topological polar surface area (TPSA) is 62.7 Å². The van der Waals surface area contributed by atoms with E-state index in [0.717, 1.165) is 34.0 Å². The van der Waals surface area contributed by atoms with Crippen molar-refractivity contribution in [1.82, 2.24) is 10.6 Å². The largest absolute Gasteiger partial charge is 0.497 e. The number of hydrogen-bond acceptors (Lipinski definition) is 6. The molecule has 0 unspecified atom stereocenters. The maximum atomic E-state index is 10.9. The van der Waals surface area contributed by atoms with Crippen LogP contribution in [0.2, 0.25) is 0 Å². The van der Waals surface area contributed by atoms with Crippen LogP contribution in [0.15, 0.2) is 64.8 Å². The molecular weight excluding hydrogens is 334 g/mol. The zero-order valence-corrected chi connectivity index (χ0v) is 14.9. The molecule has 130 valence electrons. The Balaban J connectivity index is 1.80. The van der Waals surface area contributed by atoms with Crippen molar-refractivity contribution in [2.24, 2.45) is 4.99 Å². The molecule has 25 heavy (non-hydrogen) atoms. The fourth-order valence-electron chi connectivity index (χ4n) is 2.07. The van der Waals surface area contributed by atoms with Gasteiger partial charge in [0.05, 0.1) is 24.5 Å². The van der Waals surface area contributed by atoms with E-state index in [1.165, 1.54) is 11.8 Å². The monoisotopic (exact) mass is 355 g/mol. The predicted molar refractivity (Wildman–Crippen MR) is 104 cm³/mol. The van der Waals surface area contributed by atoms with Crippen molar-refractivity contribution in [2.45, 2.75) is 11.4 Å². The second kappa shape index (κ2) is 9.54. The van der Waals surface area contributed by atoms with E-state index in [0.29, 0.717) is 18.0 Å². The van der Waals surface area contributed by atoms with Gasteiger partial charge in [-0.2, -0.15) is 0 Å². The molecule has 0 amide bonds. The third-order valence-corrected chi connectivity index (χ3v) is 4.40. The summed E-state index contributed by atoms with van der Waals surface area (Å²) < 4.78 is 5.14. The van der Waals surface area contributed by atoms with Gasteiger partial charge in [-0.25, -0.2) is 0 Å². The normalized spacial score (nSPS) is 9.96. The molecule has 0 saturated carbocycles. The highest BCUT2D eigenvalue weighted by atomic mass is 32.2. The summed E-state index contributed by atoms with van der Waals surface area (Å²) in [5, 5.41) is 6.42. The number of carbonyl (C=O) groups is 1. The number of nitrogens with zero attached hydrogens (tertiary/aromatic N) is 1. The molecule has 0 bridgehead atoms. The van der Waals surface area contributed by atoms with Crippen molar-refractivity contribution in [3.63, 3.8) is 0 Å². The van der Waals surface area contributed by atoms with E-state index >= 15 is 0 Å². The van der Waals surface area contributed by atoms with Crippen molar-refractivity contribution in [3.05, 3.63) is 66.0 Å². The van der Waals surface area contributed by atoms with Crippen LogP contribution in [0.25, 0.3) is 0 Å². The van der Waals surface area contributed by atoms with Crippen molar-refractivity contribution in [1.29, 1.82) is 0 Å². The quantitative estimate of drug-likeness (QED) is 0.294. The van der Waals surface area contributed by atoms with E-state index in [-0.39, 0.29) is 0 Å². The summed E-state index contributed by atoms with van der Waals surface area (Å²) >= 11 is 1.53. The summed E-state index contributed by atoms with van der Waals surface area (Å²) in [7, 11) is 1.65. The number of methoxy groups -OCH3 is 1. The van der Waals surface area contributed by atoms with Crippen molar-refractivity contribution in [3.8, 4) is 5.75 Å². The average Bonchev–Trinajstić information content (AvgIpc) is 2.66. The number of carbonyl (C=O) groups excluding carboxylic acids is 1. The molecule has 2 N–H and O–H groups in total. The second-order valence-electron chi connectivity index (χ2n) is 5.15. The zero-order valence-electron chi connectivity index (χ0n) is 14.1. The molecule has 2 aromatic rings. The number of aliphatic imine (C=N–C) groups is 1. The second-order valence-corrected chi connectivity index (χ2v) is 6.17. The molecular formula is C19H21N3O2S. The van der Waals surface area contributed by atoms with Crippen LogP contribution in [0.5, 0.6) is 5.75 Å². The number of aldehydes is 1. The van der Waals surface area contributed by atoms with Crippen molar-refractivity contribution in [2.75, 3.05) is 13.0 Å². The first kappa shape index (κ1) is 18.6. The minimum atomic E-state index is 0.597. The maximum absolute atomic E-state index is 10.9. The van der Waals surface area contributed by atoms with Crippen molar-refractivity contribution < 1.29 is 9.53 Å². The van der Waals surface area contributed by atoms with Gasteiger partial charge in [0.15, 0.2) is 0 Å². The molecule has 2 rings (SSSR count). The van der Waals surface area contributed by atoms with Crippen LogP contribution in [0, 0.1) is 0 Å². The van der Waals surface area contributed by atoms with E-state index in [2.05, 4.69) is 28.9 Å². The molecule has 0 heterocycles. The van der Waals surface area contributed by atoms with Crippen LogP contribution >= 0.6 is 11.8 Å². The van der Waals surface area contributed by atoms with Gasteiger partial charge in [0.1, 0.15) is 12.0 Å². The Kier molecular flexibility index (Phi) is 7.10. The van der Waals surface area contributed by atoms with E-state index in [4.69, 9.17) is 4.74 Å². The number of hydrogen-bond donors (Lipinski definition) is 2. The summed E-state index contributed by atoms with van der Waals surface area (Å²) in [5.41, 5.74) is 2.51. The Hall–Kier alpha value is -2.73.